The second kappa shape index (κ2) is 55.0. The predicted octanol–water partition coefficient (Wildman–Crippen LogP) is -3.46. The summed E-state index contributed by atoms with van der Waals surface area (Å²) in [5.41, 5.74) is 0. The molecule has 0 bridgehead atoms. The number of phosphoric ester groups is 13. The lowest BCUT2D eigenvalue weighted by atomic mass is 10.1. The highest BCUT2D eigenvalue weighted by Gasteiger charge is 2.22. The van der Waals surface area contributed by atoms with E-state index >= 15 is 0 Å². The molecule has 0 spiro atoms. The first-order chi connectivity index (χ1) is 47.4. The molecule has 0 aromatic rings. The van der Waals surface area contributed by atoms with Crippen molar-refractivity contribution in [2.24, 2.45) is 23.7 Å². The molecular formula is C38H82O53P13-13. The van der Waals surface area contributed by atoms with Gasteiger partial charge in [0.05, 0.1) is 152 Å². The first-order valence-corrected chi connectivity index (χ1v) is 48.2. The Balaban J connectivity index is -0.00000242. The number of hydrogen-bond donors (Lipinski definition) is 4. The lowest BCUT2D eigenvalue weighted by Crippen LogP contribution is -2.20. The van der Waals surface area contributed by atoms with E-state index in [0.29, 0.717) is 6.42 Å². The molecular weight excluding hydrogens is 1710 g/mol. The summed E-state index contributed by atoms with van der Waals surface area (Å²) >= 11 is 0. The Kier molecular flexibility index (Phi) is 58.0. The molecule has 4 N–H and O–H groups in total. The van der Waals surface area contributed by atoms with Gasteiger partial charge in [-0.15, -0.1) is 0 Å². The molecule has 104 heavy (non-hydrogen) atoms. The van der Waals surface area contributed by atoms with Crippen molar-refractivity contribution < 1.29 is 247 Å². The van der Waals surface area contributed by atoms with Crippen LogP contribution in [0, 0.1) is 23.7 Å². The molecule has 0 aromatic carbocycles. The highest BCUT2D eigenvalue weighted by atomic mass is 31.2. The van der Waals surface area contributed by atoms with Gasteiger partial charge in [0.2, 0.25) is 0 Å². The van der Waals surface area contributed by atoms with E-state index in [1.807, 2.05) is 27.7 Å². The molecule has 0 saturated carbocycles. The average Bonchev–Trinajstić information content (AvgIpc) is 0.926. The van der Waals surface area contributed by atoms with E-state index in [0.717, 1.165) is 12.8 Å². The van der Waals surface area contributed by atoms with E-state index < -0.39 is 246 Å². The van der Waals surface area contributed by atoms with Crippen molar-refractivity contribution in [3.8, 4) is 0 Å². The molecule has 0 saturated heterocycles. The number of rotatable bonds is 65. The highest BCUT2D eigenvalue weighted by molar-refractivity contribution is 7.48. The van der Waals surface area contributed by atoms with Crippen LogP contribution in [0.1, 0.15) is 67.2 Å². The van der Waals surface area contributed by atoms with E-state index in [2.05, 4.69) is 104 Å². The van der Waals surface area contributed by atoms with Gasteiger partial charge in [-0.25, -0.2) is 0 Å². The summed E-state index contributed by atoms with van der Waals surface area (Å²) in [5, 5.41) is 9.03. The number of hydrogen-bond acceptors (Lipinski definition) is 50. The average molecular weight is 1790 g/mol. The van der Waals surface area contributed by atoms with Gasteiger partial charge >= 0.3 is 0 Å². The summed E-state index contributed by atoms with van der Waals surface area (Å²) in [6, 6.07) is 0. The van der Waals surface area contributed by atoms with Crippen LogP contribution < -0.4 is 63.6 Å². The van der Waals surface area contributed by atoms with Gasteiger partial charge in [0.15, 0.2) is 0 Å². The number of aliphatic hydroxyl groups is 1. The minimum Gasteiger partial charge on any atom is -0.756 e. The van der Waals surface area contributed by atoms with E-state index in [-0.39, 0.29) is 44.7 Å². The van der Waals surface area contributed by atoms with Gasteiger partial charge in [0.25, 0.3) is 102 Å². The zero-order chi connectivity index (χ0) is 80.9. The Hall–Kier alpha value is 1.39. The Morgan fingerprint density at radius 1 is 0.221 bits per heavy atom. The van der Waals surface area contributed by atoms with Gasteiger partial charge in [0, 0.05) is 18.4 Å². The van der Waals surface area contributed by atoms with Gasteiger partial charge in [-0.05, 0) is 24.7 Å². The summed E-state index contributed by atoms with van der Waals surface area (Å²) < 4.78 is 246. The minimum absolute atomic E-state index is 0.00180. The third-order valence-corrected chi connectivity index (χ3v) is 21.8. The molecule has 0 rings (SSSR count). The largest absolute Gasteiger partial charge is 0.756 e. The zero-order valence-corrected chi connectivity index (χ0v) is 67.3. The van der Waals surface area contributed by atoms with Gasteiger partial charge < -0.3 is 187 Å². The van der Waals surface area contributed by atoms with Crippen LogP contribution in [0.3, 0.4) is 0 Å². The van der Waals surface area contributed by atoms with E-state index in [4.69, 9.17) is 19.8 Å². The Morgan fingerprint density at radius 3 is 0.519 bits per heavy atom. The quantitative estimate of drug-likeness (QED) is 0.0340. The fraction of sp³-hybridized carbons (Fsp3) is 1.00. The van der Waals surface area contributed by atoms with Gasteiger partial charge in [0.1, 0.15) is 0 Å². The van der Waals surface area contributed by atoms with Crippen LogP contribution in [0.25, 0.3) is 0 Å². The van der Waals surface area contributed by atoms with Crippen LogP contribution in [-0.4, -0.2) is 178 Å². The van der Waals surface area contributed by atoms with Crippen LogP contribution in [0.15, 0.2) is 0 Å². The second-order valence-corrected chi connectivity index (χ2v) is 36.8. The lowest BCUT2D eigenvalue weighted by Gasteiger charge is -2.27. The Bertz CT molecular complexity index is 2920. The van der Waals surface area contributed by atoms with Crippen molar-refractivity contribution in [2.45, 2.75) is 67.2 Å². The molecule has 17 unspecified atom stereocenters. The van der Waals surface area contributed by atoms with Crippen LogP contribution in [0.2, 0.25) is 0 Å². The lowest BCUT2D eigenvalue weighted by molar-refractivity contribution is -0.238. The maximum atomic E-state index is 11.8. The monoisotopic (exact) mass is 1790 g/mol. The smallest absolute Gasteiger partial charge is 0.268 e. The molecule has 0 aliphatic rings. The second-order valence-electron chi connectivity index (χ2n) is 19.1. The standard InChI is InChI=1S/C24H59O37P9.2C7H18O8P2/c1-3-23(19-25)20-60-69(41,42)57-17-15-55-67(37,38)53-13-11-51-65(33,34)49-9-7-47-63(29,30)45-5-6-46-64(31,32)48-8-10-50-66(35,36)52-12-14-54-68(39,40)56-16-18-58-70(43,44)61-22-24(4-2)21-59-62(26,27)28;2*1-3-7(2)6-15-17(11,12)14-5-4-13-16(8,9)10/h23-25H,3-22H2,1-2H3,(H,29,30)(H,31,32)(H,33,34)(H,35,36)(H,37,38)(H,39,40)(H,41,42)(H,43,44)(H2,26,27,28);2*7H,3-6H2,1-2H3,(H,11,12)(H2,8,9,10)/p-13. The van der Waals surface area contributed by atoms with Gasteiger partial charge in [-0.1, -0.05) is 54.4 Å². The highest BCUT2D eigenvalue weighted by Crippen LogP contribution is 2.47. The normalized spacial score (nSPS) is 20.9. The number of aliphatic hydroxyl groups excluding tert-OH is 1. The summed E-state index contributed by atoms with van der Waals surface area (Å²) in [5.74, 6) is -1.17. The van der Waals surface area contributed by atoms with Crippen molar-refractivity contribution >= 4 is 102 Å². The topological polar surface area (TPSA) is 815 Å². The van der Waals surface area contributed by atoms with Gasteiger partial charge in [-0.2, -0.15) is 0 Å². The van der Waals surface area contributed by atoms with Crippen molar-refractivity contribution in [3.05, 3.63) is 0 Å². The minimum atomic E-state index is -5.26. The molecule has 0 aliphatic carbocycles. The van der Waals surface area contributed by atoms with E-state index in [1.165, 1.54) is 6.92 Å². The molecule has 0 aliphatic heterocycles. The molecule has 0 aromatic heterocycles. The fourth-order valence-electron chi connectivity index (χ4n) is 4.91. The molecule has 0 fully saturated rings. The van der Waals surface area contributed by atoms with Crippen molar-refractivity contribution in [1.29, 1.82) is 0 Å². The maximum absolute atomic E-state index is 11.8. The van der Waals surface area contributed by atoms with Crippen molar-refractivity contribution in [2.75, 3.05) is 159 Å². The SMILES string of the molecule is CCC(C)COP(=O)([O-])OCCOP(=O)([O-])O.CCC(C)COP(=O)([O-])OCCOP(=O)([O-])O.CCC(CO)COP(=O)([O-])OCCOP(=O)([O-])OCCOP(=O)([O-])OCCOP(=O)([O-])OCCOP(=O)([O-])OCCOP(=O)([O-])OCCOP(=O)([O-])OCCOP(=O)([O-])OCC(CC)COP(=O)([O-])O. The molecule has 53 nitrogen and oxygen atoms in total. The Morgan fingerprint density at radius 2 is 0.365 bits per heavy atom. The van der Waals surface area contributed by atoms with E-state index in [1.54, 1.807) is 6.92 Å². The van der Waals surface area contributed by atoms with Crippen molar-refractivity contribution in [3.63, 3.8) is 0 Å². The summed E-state index contributed by atoms with van der Waals surface area (Å²) in [6.45, 7) is -7.39. The van der Waals surface area contributed by atoms with Crippen LogP contribution in [-0.2, 0) is 163 Å². The maximum Gasteiger partial charge on any atom is 0.268 e. The number of phosphoric acid groups is 13. The summed E-state index contributed by atoms with van der Waals surface area (Å²) in [6.07, 6.45) is 2.07. The van der Waals surface area contributed by atoms with Gasteiger partial charge in [-0.3, -0.25) is 59.3 Å². The van der Waals surface area contributed by atoms with Crippen LogP contribution in [0.4, 0.5) is 0 Å². The third kappa shape index (κ3) is 72.4. The molecule has 0 heterocycles. The fourth-order valence-corrected chi connectivity index (χ4v) is 13.1. The molecule has 630 valence electrons. The summed E-state index contributed by atoms with van der Waals surface area (Å²) in [4.78, 5) is 172. The molecule has 0 radical (unpaired) electrons. The molecule has 66 heteroatoms. The molecule has 17 atom stereocenters. The van der Waals surface area contributed by atoms with Crippen molar-refractivity contribution in [1.82, 2.24) is 0 Å². The van der Waals surface area contributed by atoms with Crippen LogP contribution >= 0.6 is 102 Å². The predicted molar refractivity (Wildman–Crippen MR) is 316 cm³/mol. The molecule has 0 amide bonds. The van der Waals surface area contributed by atoms with Crippen LogP contribution in [0.5, 0.6) is 0 Å². The van der Waals surface area contributed by atoms with E-state index in [9.17, 15) is 123 Å². The Labute approximate surface area is 596 Å². The first kappa shape index (κ1) is 110. The summed E-state index contributed by atoms with van der Waals surface area (Å²) in [7, 11) is -64.9. The zero-order valence-electron chi connectivity index (χ0n) is 55.7. The first-order valence-electron chi connectivity index (χ1n) is 29.1. The third-order valence-electron chi connectivity index (χ3n) is 10.5.